The highest BCUT2D eigenvalue weighted by molar-refractivity contribution is 5.99. The SMILES string of the molecule is CN1CCN(C(=O)c2c(O)cccc2O)C[C@H]1c1ccccc1. The maximum absolute atomic E-state index is 12.7. The molecule has 0 bridgehead atoms. The Labute approximate surface area is 135 Å². The third-order valence-corrected chi connectivity index (χ3v) is 4.35. The summed E-state index contributed by atoms with van der Waals surface area (Å²) in [4.78, 5) is 16.6. The molecule has 2 N–H and O–H groups in total. The summed E-state index contributed by atoms with van der Waals surface area (Å²) in [7, 11) is 2.04. The van der Waals surface area contributed by atoms with Gasteiger partial charge in [0.15, 0.2) is 0 Å². The molecule has 5 heteroatoms. The highest BCUT2D eigenvalue weighted by Crippen LogP contribution is 2.30. The van der Waals surface area contributed by atoms with E-state index < -0.39 is 0 Å². The average molecular weight is 312 g/mol. The molecule has 120 valence electrons. The maximum atomic E-state index is 12.7. The lowest BCUT2D eigenvalue weighted by atomic mass is 10.0. The van der Waals surface area contributed by atoms with Crippen LogP contribution >= 0.6 is 0 Å². The van der Waals surface area contributed by atoms with Crippen LogP contribution < -0.4 is 0 Å². The number of likely N-dealkylation sites (N-methyl/N-ethyl adjacent to an activating group) is 1. The Kier molecular flexibility index (Phi) is 4.21. The predicted molar refractivity (Wildman–Crippen MR) is 87.5 cm³/mol. The molecule has 2 aromatic carbocycles. The van der Waals surface area contributed by atoms with E-state index in [0.29, 0.717) is 13.1 Å². The van der Waals surface area contributed by atoms with Crippen LogP contribution in [0.2, 0.25) is 0 Å². The van der Waals surface area contributed by atoms with Crippen molar-refractivity contribution in [3.05, 3.63) is 59.7 Å². The number of benzene rings is 2. The van der Waals surface area contributed by atoms with Crippen molar-refractivity contribution < 1.29 is 15.0 Å². The number of aromatic hydroxyl groups is 2. The molecule has 1 heterocycles. The third-order valence-electron chi connectivity index (χ3n) is 4.35. The number of hydrogen-bond donors (Lipinski definition) is 2. The van der Waals surface area contributed by atoms with Gasteiger partial charge in [-0.25, -0.2) is 0 Å². The number of carbonyl (C=O) groups excluding carboxylic acids is 1. The molecule has 3 rings (SSSR count). The minimum absolute atomic E-state index is 0.0242. The number of amides is 1. The van der Waals surface area contributed by atoms with Gasteiger partial charge in [0, 0.05) is 19.6 Å². The van der Waals surface area contributed by atoms with E-state index in [1.807, 2.05) is 37.4 Å². The summed E-state index contributed by atoms with van der Waals surface area (Å²) in [5, 5.41) is 19.8. The van der Waals surface area contributed by atoms with Gasteiger partial charge in [-0.15, -0.1) is 0 Å². The summed E-state index contributed by atoms with van der Waals surface area (Å²) >= 11 is 0. The largest absolute Gasteiger partial charge is 0.507 e. The molecule has 1 aliphatic rings. The van der Waals surface area contributed by atoms with Crippen molar-refractivity contribution in [3.63, 3.8) is 0 Å². The molecule has 0 radical (unpaired) electrons. The van der Waals surface area contributed by atoms with Crippen LogP contribution in [0.15, 0.2) is 48.5 Å². The Morgan fingerprint density at radius 1 is 1.00 bits per heavy atom. The molecule has 1 saturated heterocycles. The predicted octanol–water partition coefficient (Wildman–Crippen LogP) is 2.23. The van der Waals surface area contributed by atoms with E-state index in [9.17, 15) is 15.0 Å². The molecule has 5 nitrogen and oxygen atoms in total. The van der Waals surface area contributed by atoms with Crippen molar-refractivity contribution in [1.29, 1.82) is 0 Å². The Morgan fingerprint density at radius 3 is 2.30 bits per heavy atom. The van der Waals surface area contributed by atoms with Gasteiger partial charge in [-0.2, -0.15) is 0 Å². The van der Waals surface area contributed by atoms with Gasteiger partial charge in [0.2, 0.25) is 0 Å². The van der Waals surface area contributed by atoms with E-state index >= 15 is 0 Å². The van der Waals surface area contributed by atoms with E-state index in [4.69, 9.17) is 0 Å². The number of rotatable bonds is 2. The maximum Gasteiger partial charge on any atom is 0.261 e. The second-order valence-corrected chi connectivity index (χ2v) is 5.83. The van der Waals surface area contributed by atoms with Gasteiger partial charge in [-0.3, -0.25) is 9.69 Å². The molecule has 0 aromatic heterocycles. The Hall–Kier alpha value is -2.53. The zero-order chi connectivity index (χ0) is 16.4. The first-order valence-corrected chi connectivity index (χ1v) is 7.63. The van der Waals surface area contributed by atoms with Crippen LogP contribution in [0.3, 0.4) is 0 Å². The van der Waals surface area contributed by atoms with Crippen LogP contribution in [0, 0.1) is 0 Å². The van der Waals surface area contributed by atoms with Crippen molar-refractivity contribution in [2.45, 2.75) is 6.04 Å². The molecule has 0 saturated carbocycles. The molecule has 0 unspecified atom stereocenters. The standard InChI is InChI=1S/C18H20N2O3/c1-19-10-11-20(12-14(19)13-6-3-2-4-7-13)18(23)17-15(21)8-5-9-16(17)22/h2-9,14,21-22H,10-12H2,1H3/t14-/m0/s1. The molecule has 1 amide bonds. The highest BCUT2D eigenvalue weighted by Gasteiger charge is 2.30. The number of phenolic OH excluding ortho intramolecular Hbond substituents is 2. The molecule has 1 fully saturated rings. The van der Waals surface area contributed by atoms with Gasteiger partial charge in [0.05, 0.1) is 6.04 Å². The van der Waals surface area contributed by atoms with Gasteiger partial charge in [-0.05, 0) is 24.7 Å². The zero-order valence-corrected chi connectivity index (χ0v) is 13.0. The Balaban J connectivity index is 1.85. The first-order chi connectivity index (χ1) is 11.1. The number of phenols is 2. The van der Waals surface area contributed by atoms with Crippen molar-refractivity contribution in [2.24, 2.45) is 0 Å². The fourth-order valence-corrected chi connectivity index (χ4v) is 3.00. The molecule has 0 spiro atoms. The molecule has 23 heavy (non-hydrogen) atoms. The summed E-state index contributed by atoms with van der Waals surface area (Å²) in [5.41, 5.74) is 1.12. The molecular weight excluding hydrogens is 292 g/mol. The highest BCUT2D eigenvalue weighted by atomic mass is 16.3. The van der Waals surface area contributed by atoms with Crippen molar-refractivity contribution in [2.75, 3.05) is 26.7 Å². The molecular formula is C18H20N2O3. The lowest BCUT2D eigenvalue weighted by Crippen LogP contribution is -2.49. The second-order valence-electron chi connectivity index (χ2n) is 5.83. The van der Waals surface area contributed by atoms with Crippen LogP contribution in [-0.4, -0.2) is 52.6 Å². The van der Waals surface area contributed by atoms with E-state index in [1.165, 1.54) is 18.2 Å². The molecule has 2 aromatic rings. The normalized spacial score (nSPS) is 18.8. The number of nitrogens with zero attached hydrogens (tertiary/aromatic N) is 2. The summed E-state index contributed by atoms with van der Waals surface area (Å²) in [6.07, 6.45) is 0. The van der Waals surface area contributed by atoms with Gasteiger partial charge in [0.25, 0.3) is 5.91 Å². The van der Waals surface area contributed by atoms with E-state index in [1.54, 1.807) is 4.90 Å². The van der Waals surface area contributed by atoms with E-state index in [0.717, 1.165) is 12.1 Å². The quantitative estimate of drug-likeness (QED) is 0.892. The lowest BCUT2D eigenvalue weighted by molar-refractivity contribution is 0.0540. The van der Waals surface area contributed by atoms with E-state index in [-0.39, 0.29) is 29.0 Å². The van der Waals surface area contributed by atoms with Gasteiger partial charge >= 0.3 is 0 Å². The average Bonchev–Trinajstić information content (AvgIpc) is 2.56. The molecule has 0 aliphatic carbocycles. The first kappa shape index (κ1) is 15.4. The third kappa shape index (κ3) is 3.00. The van der Waals surface area contributed by atoms with Gasteiger partial charge < -0.3 is 15.1 Å². The first-order valence-electron chi connectivity index (χ1n) is 7.63. The van der Waals surface area contributed by atoms with E-state index in [2.05, 4.69) is 4.90 Å². The van der Waals surface area contributed by atoms with Crippen LogP contribution in [0.1, 0.15) is 22.0 Å². The number of hydrogen-bond acceptors (Lipinski definition) is 4. The van der Waals surface area contributed by atoms with Crippen LogP contribution in [0.25, 0.3) is 0 Å². The minimum Gasteiger partial charge on any atom is -0.507 e. The lowest BCUT2D eigenvalue weighted by Gasteiger charge is -2.39. The Bertz CT molecular complexity index is 682. The molecule has 1 atom stereocenters. The van der Waals surface area contributed by atoms with Crippen molar-refractivity contribution in [1.82, 2.24) is 9.80 Å². The summed E-state index contributed by atoms with van der Waals surface area (Å²) < 4.78 is 0. The zero-order valence-electron chi connectivity index (χ0n) is 13.0. The fraction of sp³-hybridized carbons (Fsp3) is 0.278. The minimum atomic E-state index is -0.338. The topological polar surface area (TPSA) is 64.0 Å². The Morgan fingerprint density at radius 2 is 1.65 bits per heavy atom. The molecule has 1 aliphatic heterocycles. The van der Waals surface area contributed by atoms with Crippen molar-refractivity contribution >= 4 is 5.91 Å². The fourth-order valence-electron chi connectivity index (χ4n) is 3.00. The van der Waals surface area contributed by atoms with Crippen LogP contribution in [0.4, 0.5) is 0 Å². The summed E-state index contributed by atoms with van der Waals surface area (Å²) in [6, 6.07) is 14.5. The van der Waals surface area contributed by atoms with Crippen LogP contribution in [-0.2, 0) is 0 Å². The van der Waals surface area contributed by atoms with Gasteiger partial charge in [0.1, 0.15) is 17.1 Å². The van der Waals surface area contributed by atoms with Gasteiger partial charge in [-0.1, -0.05) is 36.4 Å². The number of carbonyl (C=O) groups is 1. The summed E-state index contributed by atoms with van der Waals surface area (Å²) in [5.74, 6) is -0.718. The van der Waals surface area contributed by atoms with Crippen molar-refractivity contribution in [3.8, 4) is 11.5 Å². The monoisotopic (exact) mass is 312 g/mol. The smallest absolute Gasteiger partial charge is 0.261 e. The summed E-state index contributed by atoms with van der Waals surface area (Å²) in [6.45, 7) is 1.82. The second kappa shape index (κ2) is 6.30. The number of piperazine rings is 1. The van der Waals surface area contributed by atoms with Crippen LogP contribution in [0.5, 0.6) is 11.5 Å².